The second kappa shape index (κ2) is 19.2. The van der Waals surface area contributed by atoms with Crippen molar-refractivity contribution in [2.24, 2.45) is 0 Å². The maximum Gasteiger partial charge on any atom is 0.487 e. The zero-order valence-electron chi connectivity index (χ0n) is 28.2. The van der Waals surface area contributed by atoms with E-state index >= 15 is 0 Å². The Kier molecular flexibility index (Phi) is 16.7. The first-order valence-corrected chi connectivity index (χ1v) is 18.6. The van der Waals surface area contributed by atoms with Crippen LogP contribution in [0.3, 0.4) is 0 Å². The molecule has 5 aromatic carbocycles. The van der Waals surface area contributed by atoms with Gasteiger partial charge in [0.2, 0.25) is 0 Å². The van der Waals surface area contributed by atoms with E-state index in [1.165, 1.54) is 33.0 Å². The van der Waals surface area contributed by atoms with Crippen LogP contribution in [0.4, 0.5) is 26.3 Å². The molecule has 0 bridgehead atoms. The Morgan fingerprint density at radius 3 is 0.776 bits per heavy atom. The lowest BCUT2D eigenvalue weighted by Crippen LogP contribution is -2.30. The van der Waals surface area contributed by atoms with Gasteiger partial charge in [-0.15, -0.1) is 0 Å². The van der Waals surface area contributed by atoms with Gasteiger partial charge < -0.3 is 0 Å². The Morgan fingerprint density at radius 2 is 0.592 bits per heavy atom. The van der Waals surface area contributed by atoms with Gasteiger partial charge in [0.25, 0.3) is 0 Å². The van der Waals surface area contributed by atoms with Crippen LogP contribution in [0, 0.1) is 7.14 Å². The first-order chi connectivity index (χ1) is 22.7. The lowest BCUT2D eigenvalue weighted by atomic mass is 9.87. The van der Waals surface area contributed by atoms with Crippen LogP contribution in [0.2, 0.25) is 0 Å². The molecule has 5 rings (SSSR count). The van der Waals surface area contributed by atoms with Crippen LogP contribution in [0.1, 0.15) is 52.7 Å². The minimum Gasteiger partial charge on any atom is -0.162 e. The molecule has 0 heterocycles. The Morgan fingerprint density at radius 1 is 0.367 bits per heavy atom. The van der Waals surface area contributed by atoms with Crippen LogP contribution in [0.25, 0.3) is 0 Å². The van der Waals surface area contributed by atoms with Crippen molar-refractivity contribution in [1.29, 1.82) is 0 Å². The summed E-state index contributed by atoms with van der Waals surface area (Å²) in [5, 5.41) is 0. The van der Waals surface area contributed by atoms with E-state index in [2.05, 4.69) is 226 Å². The van der Waals surface area contributed by atoms with Gasteiger partial charge in [0.1, 0.15) is 0 Å². The second-order valence-corrected chi connectivity index (χ2v) is 17.3. The highest BCUT2D eigenvalue weighted by molar-refractivity contribution is 14.1. The second-order valence-electron chi connectivity index (χ2n) is 12.8. The highest BCUT2D eigenvalue weighted by atomic mass is 127. The van der Waals surface area contributed by atoms with Gasteiger partial charge >= 0.3 is 12.4 Å². The van der Waals surface area contributed by atoms with Crippen molar-refractivity contribution in [2.45, 2.75) is 79.4 Å². The fourth-order valence-electron chi connectivity index (χ4n) is 3.98. The van der Waals surface area contributed by atoms with Crippen LogP contribution >= 0.6 is 45.2 Å². The van der Waals surface area contributed by atoms with Gasteiger partial charge in [-0.25, -0.2) is 0 Å². The molecule has 0 aliphatic rings. The molecule has 0 aromatic heterocycles. The Labute approximate surface area is 317 Å². The van der Waals surface area contributed by atoms with E-state index in [1.54, 1.807) is 0 Å². The number of hydrogen-bond donors (Lipinski definition) is 0. The molecule has 9 heteroatoms. The highest BCUT2D eigenvalue weighted by Crippen LogP contribution is 2.36. The van der Waals surface area contributed by atoms with Crippen molar-refractivity contribution in [2.75, 3.05) is 0 Å². The Balaban J connectivity index is 0.000000242. The van der Waals surface area contributed by atoms with Crippen molar-refractivity contribution >= 4 is 56.1 Å². The topological polar surface area (TPSA) is 0 Å². The molecule has 0 amide bonds. The Hall–Kier alpha value is -2.51. The number of benzene rings is 5. The van der Waals surface area contributed by atoms with Crippen molar-refractivity contribution < 1.29 is 26.3 Å². The minimum absolute atomic E-state index is 0.0146. The third-order valence-corrected chi connectivity index (χ3v) is 10.3. The van der Waals surface area contributed by atoms with E-state index in [9.17, 15) is 26.3 Å². The SMILES string of the molecule is CC(C)(C)c1ccc(I)cc1.CC(C)(C)c1ccc(I)cc1.FC(F)(F)C(F)(F)F.c1ccc([S+](c2ccccc2)c2ccccc2)cc1. The van der Waals surface area contributed by atoms with E-state index < -0.39 is 12.4 Å². The van der Waals surface area contributed by atoms with Gasteiger partial charge in [0.15, 0.2) is 14.7 Å². The molecule has 5 aromatic rings. The number of rotatable bonds is 3. The molecule has 0 aliphatic heterocycles. The molecule has 0 N–H and O–H groups in total. The summed E-state index contributed by atoms with van der Waals surface area (Å²) >= 11 is 4.65. The van der Waals surface area contributed by atoms with Gasteiger partial charge in [-0.2, -0.15) is 26.3 Å². The molecule has 0 spiro atoms. The van der Waals surface area contributed by atoms with Crippen LogP contribution in [0.15, 0.2) is 154 Å². The average Bonchev–Trinajstić information content (AvgIpc) is 3.02. The summed E-state index contributed by atoms with van der Waals surface area (Å²) in [6.45, 7) is 13.4. The van der Waals surface area contributed by atoms with Gasteiger partial charge in [-0.3, -0.25) is 0 Å². The lowest BCUT2D eigenvalue weighted by molar-refractivity contribution is -0.339. The maximum absolute atomic E-state index is 10.4. The van der Waals surface area contributed by atoms with Crippen molar-refractivity contribution in [3.05, 3.63) is 158 Å². The predicted octanol–water partition coefficient (Wildman–Crippen LogP) is 14.1. The molecule has 0 aliphatic carbocycles. The summed E-state index contributed by atoms with van der Waals surface area (Å²) in [6, 6.07) is 49.6. The van der Waals surface area contributed by atoms with E-state index in [-0.39, 0.29) is 21.7 Å². The molecule has 0 saturated carbocycles. The fourth-order valence-corrected chi connectivity index (χ4v) is 6.80. The van der Waals surface area contributed by atoms with E-state index in [0.29, 0.717) is 0 Å². The van der Waals surface area contributed by atoms with E-state index in [4.69, 9.17) is 0 Å². The van der Waals surface area contributed by atoms with Gasteiger partial charge in [0.05, 0.1) is 10.9 Å². The number of hydrogen-bond acceptors (Lipinski definition) is 0. The normalized spacial score (nSPS) is 11.7. The highest BCUT2D eigenvalue weighted by Gasteiger charge is 2.58. The quantitative estimate of drug-likeness (QED) is 0.0961. The monoisotopic (exact) mass is 921 g/mol. The third-order valence-electron chi connectivity index (χ3n) is 6.68. The average molecular weight is 922 g/mol. The van der Waals surface area contributed by atoms with E-state index in [1.807, 2.05) is 0 Å². The zero-order chi connectivity index (χ0) is 36.9. The summed E-state index contributed by atoms with van der Waals surface area (Å²) in [6.07, 6.45) is -12.1. The summed E-state index contributed by atoms with van der Waals surface area (Å²) < 4.78 is 65.2. The fraction of sp³-hybridized carbons (Fsp3) is 0.250. The van der Waals surface area contributed by atoms with E-state index in [0.717, 1.165) is 0 Å². The summed E-state index contributed by atoms with van der Waals surface area (Å²) in [7, 11) is -0.0146. The molecule has 0 unspecified atom stereocenters. The van der Waals surface area contributed by atoms with Crippen molar-refractivity contribution in [3.8, 4) is 0 Å². The lowest BCUT2D eigenvalue weighted by Gasteiger charge is -2.18. The maximum atomic E-state index is 10.4. The van der Waals surface area contributed by atoms with Gasteiger partial charge in [0, 0.05) is 7.14 Å². The molecule has 0 fully saturated rings. The molecule has 49 heavy (non-hydrogen) atoms. The molecular weight excluding hydrogens is 880 g/mol. The molecule has 0 nitrogen and oxygen atoms in total. The molecular formula is C40H41F6I2S+. The van der Waals surface area contributed by atoms with Crippen LogP contribution in [-0.4, -0.2) is 12.4 Å². The molecule has 262 valence electrons. The predicted molar refractivity (Wildman–Crippen MR) is 209 cm³/mol. The van der Waals surface area contributed by atoms with Gasteiger partial charge in [-0.05, 0) is 128 Å². The van der Waals surface area contributed by atoms with Crippen molar-refractivity contribution in [1.82, 2.24) is 0 Å². The number of halogens is 8. The van der Waals surface area contributed by atoms with Crippen LogP contribution in [0.5, 0.6) is 0 Å². The molecule has 0 radical (unpaired) electrons. The molecule has 0 atom stereocenters. The third kappa shape index (κ3) is 15.5. The largest absolute Gasteiger partial charge is 0.487 e. The summed E-state index contributed by atoms with van der Waals surface area (Å²) in [5.74, 6) is 0. The standard InChI is InChI=1S/C18H15S.2C10H13I.C2F6/c1-4-10-16(11-5-1)19(17-12-6-2-7-13-17)18-14-8-3-9-15-18;2*1-10(2,3)8-4-6-9(11)7-5-8;3-1(4,5)2(6,7)8/h1-15H;2*4-7H,1-3H3;/q+1;;;. The first kappa shape index (κ1) is 42.7. The number of alkyl halides is 6. The summed E-state index contributed by atoms with van der Waals surface area (Å²) in [5.41, 5.74) is 3.37. The zero-order valence-corrected chi connectivity index (χ0v) is 33.3. The first-order valence-electron chi connectivity index (χ1n) is 15.2. The summed E-state index contributed by atoms with van der Waals surface area (Å²) in [4.78, 5) is 4.08. The molecule has 0 saturated heterocycles. The van der Waals surface area contributed by atoms with Crippen LogP contribution < -0.4 is 0 Å². The van der Waals surface area contributed by atoms with Crippen molar-refractivity contribution in [3.63, 3.8) is 0 Å². The minimum atomic E-state index is -6.06. The van der Waals surface area contributed by atoms with Crippen LogP contribution in [-0.2, 0) is 21.7 Å². The smallest absolute Gasteiger partial charge is 0.162 e. The van der Waals surface area contributed by atoms with Gasteiger partial charge in [-0.1, -0.05) is 120 Å². The Bertz CT molecular complexity index is 1460.